The van der Waals surface area contributed by atoms with Gasteiger partial charge >= 0.3 is 0 Å². The Bertz CT molecular complexity index is 767. The minimum Gasteiger partial charge on any atom is -0.347 e. The molecule has 25 heavy (non-hydrogen) atoms. The third-order valence-electron chi connectivity index (χ3n) is 5.19. The lowest BCUT2D eigenvalue weighted by molar-refractivity contribution is 0.111. The fourth-order valence-electron chi connectivity index (χ4n) is 3.59. The van der Waals surface area contributed by atoms with E-state index in [-0.39, 0.29) is 10.9 Å². The van der Waals surface area contributed by atoms with Crippen LogP contribution in [0, 0.1) is 5.92 Å². The summed E-state index contributed by atoms with van der Waals surface area (Å²) in [5.74, 6) is 0.564. The molecule has 2 heterocycles. The summed E-state index contributed by atoms with van der Waals surface area (Å²) in [6.07, 6.45) is 7.30. The minimum atomic E-state index is -0.338. The van der Waals surface area contributed by atoms with Crippen molar-refractivity contribution in [3.8, 4) is 0 Å². The molecule has 0 saturated carbocycles. The second-order valence-corrected chi connectivity index (χ2v) is 8.43. The van der Waals surface area contributed by atoms with Crippen molar-refractivity contribution in [3.63, 3.8) is 0 Å². The highest BCUT2D eigenvalue weighted by atomic mass is 32.2. The minimum absolute atomic E-state index is 0.338. The molecule has 1 N–H and O–H groups in total. The number of carbonyl (C=O) groups excluding carboxylic acids is 1. The quantitative estimate of drug-likeness (QED) is 0.829. The van der Waals surface area contributed by atoms with E-state index in [0.29, 0.717) is 12.0 Å². The van der Waals surface area contributed by atoms with Gasteiger partial charge in [0.2, 0.25) is 0 Å². The van der Waals surface area contributed by atoms with Crippen molar-refractivity contribution in [1.29, 1.82) is 0 Å². The van der Waals surface area contributed by atoms with Crippen LogP contribution in [0.2, 0.25) is 0 Å². The lowest BCUT2D eigenvalue weighted by atomic mass is 9.91. The maximum absolute atomic E-state index is 11.5. The molecule has 1 aliphatic heterocycles. The summed E-state index contributed by atoms with van der Waals surface area (Å²) in [7, 11) is 3.47. The summed E-state index contributed by atoms with van der Waals surface area (Å²) >= 11 is 0. The molecule has 3 unspecified atom stereocenters. The predicted molar refractivity (Wildman–Crippen MR) is 104 cm³/mol. The Kier molecular flexibility index (Phi) is 5.86. The Morgan fingerprint density at radius 3 is 2.84 bits per heavy atom. The molecule has 1 aromatic heterocycles. The summed E-state index contributed by atoms with van der Waals surface area (Å²) in [5.41, 5.74) is 3.38. The highest BCUT2D eigenvalue weighted by Gasteiger charge is 2.27. The zero-order chi connectivity index (χ0) is 17.8. The van der Waals surface area contributed by atoms with Gasteiger partial charge in [0.1, 0.15) is 0 Å². The van der Waals surface area contributed by atoms with Crippen molar-refractivity contribution in [2.24, 2.45) is 17.3 Å². The highest BCUT2D eigenvalue weighted by Crippen LogP contribution is 2.28. The lowest BCUT2D eigenvalue weighted by Crippen LogP contribution is -2.35. The third kappa shape index (κ3) is 3.93. The van der Waals surface area contributed by atoms with Crippen LogP contribution < -0.4 is 4.72 Å². The van der Waals surface area contributed by atoms with Crippen LogP contribution in [0.3, 0.4) is 0 Å². The lowest BCUT2D eigenvalue weighted by Gasteiger charge is -2.24. The maximum Gasteiger partial charge on any atom is 0.166 e. The van der Waals surface area contributed by atoms with Gasteiger partial charge in [-0.15, -0.1) is 0 Å². The number of aryl methyl sites for hydroxylation is 2. The Balaban J connectivity index is 1.73. The van der Waals surface area contributed by atoms with Crippen LogP contribution in [0.25, 0.3) is 0 Å². The largest absolute Gasteiger partial charge is 0.347 e. The van der Waals surface area contributed by atoms with Gasteiger partial charge < -0.3 is 4.57 Å². The normalized spacial score (nSPS) is 21.6. The molecule has 134 valence electrons. The molecule has 0 amide bonds. The molecule has 0 fully saturated rings. The number of fused-ring (bicyclic) bond motifs is 1. The van der Waals surface area contributed by atoms with Crippen LogP contribution in [-0.2, 0) is 30.8 Å². The monoisotopic (exact) mass is 357 g/mol. The molecule has 4 nitrogen and oxygen atoms in total. The Morgan fingerprint density at radius 1 is 1.40 bits per heavy atom. The average Bonchev–Trinajstić information content (AvgIpc) is 2.84. The summed E-state index contributed by atoms with van der Waals surface area (Å²) in [6.45, 7) is 2.33. The van der Waals surface area contributed by atoms with Gasteiger partial charge in [0.15, 0.2) is 6.29 Å². The van der Waals surface area contributed by atoms with Gasteiger partial charge in [0.05, 0.1) is 10.6 Å². The van der Waals surface area contributed by atoms with Crippen molar-refractivity contribution in [2.45, 2.75) is 43.5 Å². The Hall–Kier alpha value is -1.72. The van der Waals surface area contributed by atoms with Gasteiger partial charge in [-0.05, 0) is 42.7 Å². The number of nitrogens with one attached hydrogen (secondary N) is 1. The van der Waals surface area contributed by atoms with Crippen molar-refractivity contribution >= 4 is 17.2 Å². The number of carbonyl (C=O) groups is 1. The first kappa shape index (κ1) is 18.1. The zero-order valence-corrected chi connectivity index (χ0v) is 16.1. The van der Waals surface area contributed by atoms with Gasteiger partial charge in [0.25, 0.3) is 0 Å². The van der Waals surface area contributed by atoms with Crippen molar-refractivity contribution in [1.82, 2.24) is 9.29 Å². The molecule has 5 heteroatoms. The van der Waals surface area contributed by atoms with Crippen LogP contribution in [0.5, 0.6) is 0 Å². The zero-order valence-electron chi connectivity index (χ0n) is 15.2. The summed E-state index contributed by atoms with van der Waals surface area (Å²) in [5, 5.41) is 0. The van der Waals surface area contributed by atoms with E-state index in [2.05, 4.69) is 52.5 Å². The number of rotatable bonds is 5. The van der Waals surface area contributed by atoms with E-state index >= 15 is 0 Å². The molecule has 0 bridgehead atoms. The van der Waals surface area contributed by atoms with Gasteiger partial charge in [-0.3, -0.25) is 4.79 Å². The van der Waals surface area contributed by atoms with E-state index < -0.39 is 0 Å². The first-order valence-corrected chi connectivity index (χ1v) is 10.1. The van der Waals surface area contributed by atoms with E-state index in [1.807, 2.05) is 18.7 Å². The van der Waals surface area contributed by atoms with Crippen LogP contribution in [0.1, 0.15) is 41.4 Å². The molecule has 3 rings (SSSR count). The topological polar surface area (TPSA) is 46.4 Å². The molecular formula is C20H27N3OS. The Morgan fingerprint density at radius 2 is 2.16 bits per heavy atom. The third-order valence-corrected chi connectivity index (χ3v) is 6.85. The molecule has 0 aliphatic carbocycles. The highest BCUT2D eigenvalue weighted by molar-refractivity contribution is 7.85. The number of nitrogens with zero attached hydrogens (tertiary/aromatic N) is 2. The van der Waals surface area contributed by atoms with Gasteiger partial charge in [-0.2, -0.15) is 0 Å². The van der Waals surface area contributed by atoms with Gasteiger partial charge in [-0.25, -0.2) is 9.08 Å². The molecule has 1 aliphatic rings. The van der Waals surface area contributed by atoms with Crippen molar-refractivity contribution in [3.05, 3.63) is 53.3 Å². The fourth-order valence-corrected chi connectivity index (χ4v) is 5.36. The molecular weight excluding hydrogens is 330 g/mol. The van der Waals surface area contributed by atoms with Crippen LogP contribution in [-0.4, -0.2) is 23.9 Å². The Labute approximate surface area is 152 Å². The predicted octanol–water partition coefficient (Wildman–Crippen LogP) is 3.72. The fraction of sp³-hybridized carbons (Fsp3) is 0.450. The molecule has 3 atom stereocenters. The van der Waals surface area contributed by atoms with E-state index in [1.165, 1.54) is 16.0 Å². The average molecular weight is 358 g/mol. The van der Waals surface area contributed by atoms with Crippen LogP contribution in [0.4, 0.5) is 0 Å². The molecule has 0 spiro atoms. The number of aromatic nitrogens is 1. The number of hydrogen-bond acceptors (Lipinski definition) is 2. The molecule has 1 aromatic carbocycles. The van der Waals surface area contributed by atoms with Crippen LogP contribution in [0.15, 0.2) is 45.8 Å². The smallest absolute Gasteiger partial charge is 0.166 e. The first-order valence-electron chi connectivity index (χ1n) is 8.91. The number of hydrogen-bond donors (Lipinski definition) is 1. The standard InChI is InChI=1S/C20H27N3OS/c1-15(9-10-16-7-5-4-6-8-16)18-12-11-17-19(14-24)23(3)13-20(17)25(21-2)22-18/h4-8,13-15,18H,9-12H2,1-3H3,(H,21,22). The second kappa shape index (κ2) is 8.11. The van der Waals surface area contributed by atoms with Crippen LogP contribution >= 0.6 is 0 Å². The molecule has 0 saturated heterocycles. The van der Waals surface area contributed by atoms with E-state index in [9.17, 15) is 4.79 Å². The van der Waals surface area contributed by atoms with E-state index in [4.69, 9.17) is 0 Å². The summed E-state index contributed by atoms with van der Waals surface area (Å²) in [6, 6.07) is 11.1. The van der Waals surface area contributed by atoms with Crippen molar-refractivity contribution in [2.75, 3.05) is 7.05 Å². The molecule has 0 radical (unpaired) electrons. The first-order chi connectivity index (χ1) is 12.1. The van der Waals surface area contributed by atoms with Crippen molar-refractivity contribution < 1.29 is 4.79 Å². The van der Waals surface area contributed by atoms with E-state index in [1.54, 1.807) is 0 Å². The van der Waals surface area contributed by atoms with Gasteiger partial charge in [0, 0.05) is 37.2 Å². The van der Waals surface area contributed by atoms with Gasteiger partial charge in [-0.1, -0.05) is 37.3 Å². The molecule has 2 aromatic rings. The second-order valence-electron chi connectivity index (χ2n) is 6.82. The summed E-state index contributed by atoms with van der Waals surface area (Å²) in [4.78, 5) is 12.7. The number of benzene rings is 1. The maximum atomic E-state index is 11.5. The SMILES string of the molecule is CN=S1NC(C(C)CCc2ccccc2)CCc2c1cn(C)c2C=O. The van der Waals surface area contributed by atoms with E-state index in [0.717, 1.165) is 37.7 Å². The summed E-state index contributed by atoms with van der Waals surface area (Å²) < 4.78 is 10.3. The number of aldehydes is 1.